The van der Waals surface area contributed by atoms with Gasteiger partial charge in [-0.2, -0.15) is 0 Å². The molecule has 5 nitrogen and oxygen atoms in total. The summed E-state index contributed by atoms with van der Waals surface area (Å²) in [6.45, 7) is 14.4. The average molecular weight is 426 g/mol. The average Bonchev–Trinajstić information content (AvgIpc) is 2.98. The predicted molar refractivity (Wildman–Crippen MR) is 120 cm³/mol. The first-order chi connectivity index (χ1) is 14.8. The largest absolute Gasteiger partial charge is 0.490 e. The van der Waals surface area contributed by atoms with Gasteiger partial charge in [-0.05, 0) is 34.1 Å². The van der Waals surface area contributed by atoms with Crippen LogP contribution >= 0.6 is 0 Å². The van der Waals surface area contributed by atoms with Crippen molar-refractivity contribution in [1.82, 2.24) is 0 Å². The van der Waals surface area contributed by atoms with Crippen molar-refractivity contribution in [3.8, 4) is 11.5 Å². The van der Waals surface area contributed by atoms with Gasteiger partial charge in [0, 0.05) is 18.1 Å². The van der Waals surface area contributed by atoms with E-state index in [2.05, 4.69) is 47.6 Å². The molecule has 2 aromatic rings. The van der Waals surface area contributed by atoms with Gasteiger partial charge in [0.2, 0.25) is 0 Å². The summed E-state index contributed by atoms with van der Waals surface area (Å²) in [5, 5.41) is 0. The minimum absolute atomic E-state index is 0.103. The zero-order chi connectivity index (χ0) is 23.8. The molecule has 0 saturated carbocycles. The normalized spacial score (nSPS) is 16.4. The van der Waals surface area contributed by atoms with Crippen molar-refractivity contribution >= 4 is 11.9 Å². The molecule has 0 aliphatic carbocycles. The lowest BCUT2D eigenvalue weighted by Gasteiger charge is -2.27. The van der Waals surface area contributed by atoms with Crippen molar-refractivity contribution < 1.29 is 25.2 Å². The molecule has 1 aliphatic rings. The van der Waals surface area contributed by atoms with Crippen LogP contribution in [0.3, 0.4) is 0 Å². The molecule has 0 saturated heterocycles. The van der Waals surface area contributed by atoms with E-state index in [0.717, 1.165) is 16.7 Å². The highest BCUT2D eigenvalue weighted by molar-refractivity contribution is 5.90. The van der Waals surface area contributed by atoms with Crippen LogP contribution in [-0.2, 0) is 25.2 Å². The number of hydrogen-bond donors (Lipinski definition) is 0. The van der Waals surface area contributed by atoms with Crippen molar-refractivity contribution in [2.24, 2.45) is 0 Å². The summed E-state index contributed by atoms with van der Waals surface area (Å²) in [6, 6.07) is 9.42. The second-order valence-electron chi connectivity index (χ2n) is 9.96. The Hall–Kier alpha value is -2.82. The van der Waals surface area contributed by atoms with Gasteiger partial charge in [-0.25, -0.2) is 0 Å². The molecule has 1 aliphatic heterocycles. The third-order valence-corrected chi connectivity index (χ3v) is 5.32. The summed E-state index contributed by atoms with van der Waals surface area (Å²) in [5.74, 6) is -0.296. The molecule has 3 rings (SSSR count). The number of hydrogen-bond acceptors (Lipinski definition) is 5. The van der Waals surface area contributed by atoms with Gasteiger partial charge >= 0.3 is 11.9 Å². The zero-order valence-corrected chi connectivity index (χ0v) is 19.4. The van der Waals surface area contributed by atoms with E-state index in [9.17, 15) is 9.59 Å². The van der Waals surface area contributed by atoms with Gasteiger partial charge in [0.25, 0.3) is 0 Å². The fourth-order valence-electron chi connectivity index (χ4n) is 3.59. The Morgan fingerprint density at radius 1 is 1.06 bits per heavy atom. The van der Waals surface area contributed by atoms with E-state index in [1.807, 2.05) is 6.07 Å². The molecule has 0 spiro atoms. The van der Waals surface area contributed by atoms with Crippen molar-refractivity contribution in [2.75, 3.05) is 13.2 Å². The van der Waals surface area contributed by atoms with E-state index in [1.165, 1.54) is 6.92 Å². The van der Waals surface area contributed by atoms with Crippen molar-refractivity contribution in [3.05, 3.63) is 58.6 Å². The molecule has 0 radical (unpaired) electrons. The topological polar surface area (TPSA) is 61.8 Å². The van der Waals surface area contributed by atoms with E-state index in [-0.39, 0.29) is 42.0 Å². The third kappa shape index (κ3) is 5.09. The number of benzene rings is 2. The maximum absolute atomic E-state index is 13.0. The van der Waals surface area contributed by atoms with Crippen LogP contribution in [0.1, 0.15) is 78.0 Å². The van der Waals surface area contributed by atoms with Gasteiger partial charge < -0.3 is 14.2 Å². The van der Waals surface area contributed by atoms with Gasteiger partial charge in [0.1, 0.15) is 30.6 Å². The van der Waals surface area contributed by atoms with Gasteiger partial charge in [-0.3, -0.25) is 9.59 Å². The molecule has 2 aromatic carbocycles. The molecule has 1 unspecified atom stereocenters. The van der Waals surface area contributed by atoms with Crippen LogP contribution in [-0.4, -0.2) is 25.2 Å². The minimum Gasteiger partial charge on any atom is -0.490 e. The summed E-state index contributed by atoms with van der Waals surface area (Å²) in [6.07, 6.45) is 0. The first-order valence-corrected chi connectivity index (χ1v) is 10.6. The summed E-state index contributed by atoms with van der Waals surface area (Å²) in [5.41, 5.74) is 3.20. The third-order valence-electron chi connectivity index (χ3n) is 5.32. The molecule has 1 heterocycles. The number of esters is 2. The highest BCUT2D eigenvalue weighted by Gasteiger charge is 2.39. The van der Waals surface area contributed by atoms with Gasteiger partial charge in [-0.15, -0.1) is 0 Å². The maximum atomic E-state index is 13.0. The minimum atomic E-state index is -0.656. The van der Waals surface area contributed by atoms with E-state index in [4.69, 9.17) is 15.6 Å². The lowest BCUT2D eigenvalue weighted by atomic mass is 9.77. The van der Waals surface area contributed by atoms with Gasteiger partial charge in [-0.1, -0.05) is 65.8 Å². The first-order valence-electron chi connectivity index (χ1n) is 11.1. The SMILES string of the molecule is [2H]c1cc(OCCOC(C)=O)ccc1C1C(=O)Oc2c1cc(C(C)(C)C)cc2C(C)(C)C. The summed E-state index contributed by atoms with van der Waals surface area (Å²) in [7, 11) is 0. The Morgan fingerprint density at radius 3 is 2.35 bits per heavy atom. The van der Waals surface area contributed by atoms with Gasteiger partial charge in [0.05, 0.1) is 1.37 Å². The van der Waals surface area contributed by atoms with Crippen LogP contribution in [0.2, 0.25) is 0 Å². The smallest absolute Gasteiger partial charge is 0.323 e. The highest BCUT2D eigenvalue weighted by Crippen LogP contribution is 2.47. The fraction of sp³-hybridized carbons (Fsp3) is 0.462. The standard InChI is InChI=1S/C26H32O5/c1-16(27)29-12-13-30-19-10-8-17(9-11-19)22-20-14-18(25(2,3)4)15-21(26(5,6)7)23(20)31-24(22)28/h8-11,14-15,22H,12-13H2,1-7H3/i8D. The molecular weight excluding hydrogens is 392 g/mol. The van der Waals surface area contributed by atoms with E-state index < -0.39 is 5.92 Å². The molecule has 5 heteroatoms. The predicted octanol–water partition coefficient (Wildman–Crippen LogP) is 5.27. The Labute approximate surface area is 186 Å². The molecule has 1 atom stereocenters. The van der Waals surface area contributed by atoms with Crippen LogP contribution in [0.5, 0.6) is 11.5 Å². The van der Waals surface area contributed by atoms with Crippen LogP contribution in [0.4, 0.5) is 0 Å². The van der Waals surface area contributed by atoms with Crippen LogP contribution < -0.4 is 9.47 Å². The molecule has 0 fully saturated rings. The monoisotopic (exact) mass is 425 g/mol. The van der Waals surface area contributed by atoms with Crippen LogP contribution in [0.25, 0.3) is 0 Å². The van der Waals surface area contributed by atoms with Crippen molar-refractivity contribution in [1.29, 1.82) is 0 Å². The Bertz CT molecular complexity index is 1040. The summed E-state index contributed by atoms with van der Waals surface area (Å²) < 4.78 is 24.7. The fourth-order valence-corrected chi connectivity index (χ4v) is 3.59. The van der Waals surface area contributed by atoms with Crippen LogP contribution in [0, 0.1) is 0 Å². The number of carbonyl (C=O) groups is 2. The number of fused-ring (bicyclic) bond motifs is 1. The summed E-state index contributed by atoms with van der Waals surface area (Å²) >= 11 is 0. The zero-order valence-electron chi connectivity index (χ0n) is 20.4. The lowest BCUT2D eigenvalue weighted by molar-refractivity contribution is -0.141. The number of ether oxygens (including phenoxy) is 3. The summed E-state index contributed by atoms with van der Waals surface area (Å²) in [4.78, 5) is 23.9. The van der Waals surface area contributed by atoms with Crippen LogP contribution in [0.15, 0.2) is 36.4 Å². The number of carbonyl (C=O) groups excluding carboxylic acids is 2. The molecule has 0 amide bonds. The molecule has 166 valence electrons. The highest BCUT2D eigenvalue weighted by atomic mass is 16.6. The molecule has 0 bridgehead atoms. The second-order valence-corrected chi connectivity index (χ2v) is 9.96. The Morgan fingerprint density at radius 2 is 1.77 bits per heavy atom. The molecule has 0 N–H and O–H groups in total. The van der Waals surface area contributed by atoms with E-state index >= 15 is 0 Å². The lowest BCUT2D eigenvalue weighted by Crippen LogP contribution is -2.17. The van der Waals surface area contributed by atoms with Crippen molar-refractivity contribution in [2.45, 2.75) is 65.2 Å². The maximum Gasteiger partial charge on any atom is 0.323 e. The molecule has 31 heavy (non-hydrogen) atoms. The first kappa shape index (κ1) is 21.4. The molecular formula is C26H32O5. The Balaban J connectivity index is 1.99. The van der Waals surface area contributed by atoms with Crippen molar-refractivity contribution in [3.63, 3.8) is 0 Å². The quantitative estimate of drug-likeness (QED) is 0.371. The van der Waals surface area contributed by atoms with E-state index in [1.54, 1.807) is 18.2 Å². The van der Waals surface area contributed by atoms with E-state index in [0.29, 0.717) is 17.1 Å². The number of rotatable bonds is 5. The van der Waals surface area contributed by atoms with Gasteiger partial charge in [0.15, 0.2) is 0 Å². The second kappa shape index (κ2) is 8.37. The Kier molecular flexibility index (Phi) is 5.78. The molecule has 0 aromatic heterocycles.